The molecule has 1 aliphatic rings. The second-order valence-corrected chi connectivity index (χ2v) is 5.94. The third kappa shape index (κ3) is 2.48. The van der Waals surface area contributed by atoms with Gasteiger partial charge in [0.1, 0.15) is 23.6 Å². The number of anilines is 1. The van der Waals surface area contributed by atoms with Gasteiger partial charge in [0, 0.05) is 38.3 Å². The zero-order chi connectivity index (χ0) is 15.8. The molecule has 0 unspecified atom stereocenters. The molecule has 0 aliphatic carbocycles. The fourth-order valence-electron chi connectivity index (χ4n) is 3.23. The maximum absolute atomic E-state index is 12.2. The van der Waals surface area contributed by atoms with Crippen LogP contribution in [0.5, 0.6) is 0 Å². The summed E-state index contributed by atoms with van der Waals surface area (Å²) in [5.74, 6) is 2.22. The van der Waals surface area contributed by atoms with Crippen LogP contribution in [0.15, 0.2) is 41.6 Å². The Balaban J connectivity index is 1.57. The van der Waals surface area contributed by atoms with Crippen molar-refractivity contribution in [1.29, 1.82) is 0 Å². The largest absolute Gasteiger partial charge is 0.356 e. The van der Waals surface area contributed by atoms with E-state index < -0.39 is 0 Å². The Labute approximate surface area is 133 Å². The summed E-state index contributed by atoms with van der Waals surface area (Å²) < 4.78 is 3.55. The number of hydrogen-bond donors (Lipinski definition) is 0. The second kappa shape index (κ2) is 5.49. The van der Waals surface area contributed by atoms with Crippen molar-refractivity contribution in [1.82, 2.24) is 24.1 Å². The van der Waals surface area contributed by atoms with E-state index in [1.165, 1.54) is 0 Å². The number of aromatic nitrogens is 5. The fraction of sp³-hybridized carbons (Fsp3) is 0.375. The molecule has 4 rings (SSSR count). The molecule has 0 aromatic carbocycles. The highest BCUT2D eigenvalue weighted by Gasteiger charge is 2.24. The van der Waals surface area contributed by atoms with E-state index in [1.54, 1.807) is 23.0 Å². The third-order valence-corrected chi connectivity index (χ3v) is 4.49. The van der Waals surface area contributed by atoms with Crippen LogP contribution in [-0.4, -0.2) is 37.2 Å². The quantitative estimate of drug-likeness (QED) is 0.711. The van der Waals surface area contributed by atoms with Crippen LogP contribution in [0, 0.1) is 0 Å². The standard InChI is InChI=1S/C16H18N6O/c1-20-11-17-19-16(20)12-5-8-21(9-6-12)14-10-15(23)22-7-3-2-4-13(22)18-14/h2-4,7,10-12H,5-6,8-9H2,1H3. The van der Waals surface area contributed by atoms with Gasteiger partial charge in [0.05, 0.1) is 0 Å². The first-order valence-electron chi connectivity index (χ1n) is 7.79. The molecule has 0 N–H and O–H groups in total. The third-order valence-electron chi connectivity index (χ3n) is 4.49. The van der Waals surface area contributed by atoms with Gasteiger partial charge >= 0.3 is 0 Å². The molecule has 4 heterocycles. The molecule has 0 radical (unpaired) electrons. The predicted octanol–water partition coefficient (Wildman–Crippen LogP) is 1.21. The topological polar surface area (TPSA) is 68.3 Å². The zero-order valence-electron chi connectivity index (χ0n) is 13.0. The smallest absolute Gasteiger partial charge is 0.259 e. The molecule has 1 saturated heterocycles. The van der Waals surface area contributed by atoms with Crippen molar-refractivity contribution in [2.45, 2.75) is 18.8 Å². The highest BCUT2D eigenvalue weighted by molar-refractivity contribution is 5.48. The number of piperidine rings is 1. The van der Waals surface area contributed by atoms with Crippen LogP contribution in [0.2, 0.25) is 0 Å². The summed E-state index contributed by atoms with van der Waals surface area (Å²) >= 11 is 0. The van der Waals surface area contributed by atoms with Gasteiger partial charge in [-0.25, -0.2) is 4.98 Å². The molecule has 7 nitrogen and oxygen atoms in total. The Bertz CT molecular complexity index is 891. The van der Waals surface area contributed by atoms with Crippen molar-refractivity contribution < 1.29 is 0 Å². The van der Waals surface area contributed by atoms with Gasteiger partial charge in [-0.15, -0.1) is 10.2 Å². The van der Waals surface area contributed by atoms with Crippen molar-refractivity contribution in [3.05, 3.63) is 53.0 Å². The predicted molar refractivity (Wildman–Crippen MR) is 86.7 cm³/mol. The lowest BCUT2D eigenvalue weighted by Crippen LogP contribution is -2.35. The summed E-state index contributed by atoms with van der Waals surface area (Å²) in [6.07, 6.45) is 5.47. The Hall–Kier alpha value is -2.70. The number of rotatable bonds is 2. The lowest BCUT2D eigenvalue weighted by Gasteiger charge is -2.32. The first-order valence-corrected chi connectivity index (χ1v) is 7.79. The molecule has 0 amide bonds. The normalized spacial score (nSPS) is 16.1. The van der Waals surface area contributed by atoms with E-state index in [1.807, 2.05) is 29.8 Å². The van der Waals surface area contributed by atoms with Crippen LogP contribution >= 0.6 is 0 Å². The van der Waals surface area contributed by atoms with Crippen LogP contribution in [0.25, 0.3) is 5.65 Å². The van der Waals surface area contributed by atoms with Gasteiger partial charge in [0.25, 0.3) is 5.56 Å². The molecule has 0 saturated carbocycles. The van der Waals surface area contributed by atoms with Gasteiger partial charge in [0.2, 0.25) is 0 Å². The summed E-state index contributed by atoms with van der Waals surface area (Å²) in [5.41, 5.74) is 0.645. The maximum Gasteiger partial charge on any atom is 0.259 e. The van der Waals surface area contributed by atoms with Gasteiger partial charge in [0.15, 0.2) is 0 Å². The molecule has 0 spiro atoms. The van der Waals surface area contributed by atoms with Gasteiger partial charge in [-0.3, -0.25) is 9.20 Å². The molecule has 118 valence electrons. The average Bonchev–Trinajstić information content (AvgIpc) is 3.01. The first kappa shape index (κ1) is 13.9. The number of hydrogen-bond acceptors (Lipinski definition) is 5. The second-order valence-electron chi connectivity index (χ2n) is 5.94. The van der Waals surface area contributed by atoms with Crippen molar-refractivity contribution in [2.24, 2.45) is 7.05 Å². The first-order chi connectivity index (χ1) is 11.2. The Kier molecular flexibility index (Phi) is 3.33. The zero-order valence-corrected chi connectivity index (χ0v) is 13.0. The number of nitrogens with zero attached hydrogens (tertiary/aromatic N) is 6. The lowest BCUT2D eigenvalue weighted by atomic mass is 9.96. The van der Waals surface area contributed by atoms with E-state index in [0.29, 0.717) is 11.6 Å². The molecular formula is C16H18N6O. The van der Waals surface area contributed by atoms with Crippen LogP contribution in [0.3, 0.4) is 0 Å². The summed E-state index contributed by atoms with van der Waals surface area (Å²) in [5, 5.41) is 8.18. The number of pyridine rings is 1. The Morgan fingerprint density at radius 3 is 2.78 bits per heavy atom. The van der Waals surface area contributed by atoms with Crippen LogP contribution in [0.4, 0.5) is 5.82 Å². The van der Waals surface area contributed by atoms with E-state index in [-0.39, 0.29) is 5.56 Å². The molecule has 1 aliphatic heterocycles. The highest BCUT2D eigenvalue weighted by Crippen LogP contribution is 2.28. The maximum atomic E-state index is 12.2. The molecule has 7 heteroatoms. The number of aryl methyl sites for hydroxylation is 1. The SMILES string of the molecule is Cn1cnnc1C1CCN(c2cc(=O)n3ccccc3n2)CC1. The lowest BCUT2D eigenvalue weighted by molar-refractivity contribution is 0.472. The van der Waals surface area contributed by atoms with Gasteiger partial charge in [-0.2, -0.15) is 0 Å². The van der Waals surface area contributed by atoms with Gasteiger partial charge in [-0.1, -0.05) is 6.07 Å². The molecule has 23 heavy (non-hydrogen) atoms. The summed E-state index contributed by atoms with van der Waals surface area (Å²) in [6, 6.07) is 7.21. The van der Waals surface area contributed by atoms with Crippen molar-refractivity contribution in [2.75, 3.05) is 18.0 Å². The highest BCUT2D eigenvalue weighted by atomic mass is 16.1. The van der Waals surface area contributed by atoms with Gasteiger partial charge in [-0.05, 0) is 25.0 Å². The summed E-state index contributed by atoms with van der Waals surface area (Å²) in [4.78, 5) is 19.0. The Morgan fingerprint density at radius 1 is 1.22 bits per heavy atom. The van der Waals surface area contributed by atoms with E-state index in [9.17, 15) is 4.79 Å². The number of fused-ring (bicyclic) bond motifs is 1. The minimum absolute atomic E-state index is 0.0407. The average molecular weight is 310 g/mol. The van der Waals surface area contributed by atoms with E-state index in [0.717, 1.165) is 37.6 Å². The van der Waals surface area contributed by atoms with Crippen molar-refractivity contribution >= 4 is 11.5 Å². The minimum atomic E-state index is -0.0407. The minimum Gasteiger partial charge on any atom is -0.356 e. The van der Waals surface area contributed by atoms with Crippen molar-refractivity contribution in [3.63, 3.8) is 0 Å². The van der Waals surface area contributed by atoms with E-state index >= 15 is 0 Å². The monoisotopic (exact) mass is 310 g/mol. The molecular weight excluding hydrogens is 292 g/mol. The van der Waals surface area contributed by atoms with E-state index in [2.05, 4.69) is 20.1 Å². The molecule has 0 bridgehead atoms. The fourth-order valence-corrected chi connectivity index (χ4v) is 3.23. The van der Waals surface area contributed by atoms with E-state index in [4.69, 9.17) is 0 Å². The van der Waals surface area contributed by atoms with Crippen LogP contribution in [-0.2, 0) is 7.05 Å². The molecule has 3 aromatic heterocycles. The van der Waals surface area contributed by atoms with Crippen LogP contribution in [0.1, 0.15) is 24.6 Å². The summed E-state index contributed by atoms with van der Waals surface area (Å²) in [6.45, 7) is 1.74. The molecule has 3 aromatic rings. The summed E-state index contributed by atoms with van der Waals surface area (Å²) in [7, 11) is 1.98. The van der Waals surface area contributed by atoms with Crippen LogP contribution < -0.4 is 10.5 Å². The molecule has 0 atom stereocenters. The molecule has 1 fully saturated rings. The van der Waals surface area contributed by atoms with Crippen molar-refractivity contribution in [3.8, 4) is 0 Å². The van der Waals surface area contributed by atoms with Gasteiger partial charge < -0.3 is 9.47 Å². The Morgan fingerprint density at radius 2 is 2.04 bits per heavy atom.